The molecule has 5 nitrogen and oxygen atoms in total. The highest BCUT2D eigenvalue weighted by atomic mass is 15.2. The van der Waals surface area contributed by atoms with Crippen molar-refractivity contribution in [1.82, 2.24) is 9.97 Å². The second-order valence-electron chi connectivity index (χ2n) is 5.24. The number of aliphatic imine (C=N–C) groups is 1. The Hall–Kier alpha value is -1.91. The Kier molecular flexibility index (Phi) is 3.19. The summed E-state index contributed by atoms with van der Waals surface area (Å²) < 4.78 is 0. The maximum absolute atomic E-state index is 5.78. The first-order valence-electron chi connectivity index (χ1n) is 6.76. The zero-order chi connectivity index (χ0) is 13.2. The van der Waals surface area contributed by atoms with Gasteiger partial charge < -0.3 is 10.6 Å². The van der Waals surface area contributed by atoms with E-state index in [4.69, 9.17) is 5.73 Å². The molecule has 1 saturated heterocycles. The van der Waals surface area contributed by atoms with Crippen LogP contribution in [0.5, 0.6) is 0 Å². The first-order chi connectivity index (χ1) is 9.22. The minimum absolute atomic E-state index is 0.551. The normalized spacial score (nSPS) is 20.4. The molecule has 1 aromatic rings. The summed E-state index contributed by atoms with van der Waals surface area (Å²) in [4.78, 5) is 15.6. The third-order valence-electron chi connectivity index (χ3n) is 3.76. The van der Waals surface area contributed by atoms with Crippen molar-refractivity contribution in [2.45, 2.75) is 19.8 Å². The van der Waals surface area contributed by atoms with Crippen LogP contribution in [0.15, 0.2) is 29.2 Å². The maximum Gasteiger partial charge on any atom is 0.147 e. The number of nitrogens with two attached hydrogens (primary N) is 1. The van der Waals surface area contributed by atoms with Crippen LogP contribution in [-0.4, -0.2) is 35.3 Å². The molecule has 0 bridgehead atoms. The molecule has 3 heterocycles. The molecule has 0 aromatic carbocycles. The molecule has 0 spiro atoms. The fraction of sp³-hybridized carbons (Fsp3) is 0.500. The van der Waals surface area contributed by atoms with E-state index in [0.717, 1.165) is 43.1 Å². The van der Waals surface area contributed by atoms with Crippen LogP contribution in [0.1, 0.15) is 18.5 Å². The molecule has 0 amide bonds. The Morgan fingerprint density at radius 3 is 2.68 bits per heavy atom. The number of hydrogen-bond acceptors (Lipinski definition) is 5. The summed E-state index contributed by atoms with van der Waals surface area (Å²) in [5.41, 5.74) is 8.83. The Bertz CT molecular complexity index is 526. The van der Waals surface area contributed by atoms with Gasteiger partial charge in [0.1, 0.15) is 5.82 Å². The molecule has 0 saturated carbocycles. The van der Waals surface area contributed by atoms with Crippen LogP contribution in [0.2, 0.25) is 0 Å². The van der Waals surface area contributed by atoms with E-state index >= 15 is 0 Å². The molecule has 0 aliphatic carbocycles. The molecule has 2 N–H and O–H groups in total. The van der Waals surface area contributed by atoms with Gasteiger partial charge in [-0.25, -0.2) is 4.98 Å². The monoisotopic (exact) mass is 257 g/mol. The van der Waals surface area contributed by atoms with E-state index in [1.807, 2.05) is 19.2 Å². The summed E-state index contributed by atoms with van der Waals surface area (Å²) in [6.07, 6.45) is 7.90. The zero-order valence-electron chi connectivity index (χ0n) is 11.2. The van der Waals surface area contributed by atoms with Gasteiger partial charge in [0.05, 0.1) is 18.4 Å². The largest absolute Gasteiger partial charge is 0.400 e. The minimum Gasteiger partial charge on any atom is -0.400 e. The predicted molar refractivity (Wildman–Crippen MR) is 76.3 cm³/mol. The van der Waals surface area contributed by atoms with Crippen LogP contribution >= 0.6 is 0 Å². The molecular formula is C14H19N5. The van der Waals surface area contributed by atoms with Crippen LogP contribution in [0, 0.1) is 12.8 Å². The lowest BCUT2D eigenvalue weighted by atomic mass is 9.92. The second-order valence-corrected chi connectivity index (χ2v) is 5.24. The van der Waals surface area contributed by atoms with Gasteiger partial charge in [-0.05, 0) is 25.8 Å². The van der Waals surface area contributed by atoms with Crippen molar-refractivity contribution in [3.63, 3.8) is 0 Å². The Morgan fingerprint density at radius 2 is 2.05 bits per heavy atom. The van der Waals surface area contributed by atoms with Gasteiger partial charge in [0.2, 0.25) is 0 Å². The molecule has 0 unspecified atom stereocenters. The number of nitrogens with zero attached hydrogens (tertiary/aromatic N) is 4. The van der Waals surface area contributed by atoms with E-state index in [0.29, 0.717) is 12.5 Å². The van der Waals surface area contributed by atoms with E-state index in [-0.39, 0.29) is 0 Å². The van der Waals surface area contributed by atoms with E-state index < -0.39 is 0 Å². The van der Waals surface area contributed by atoms with Crippen LogP contribution in [0.25, 0.3) is 0 Å². The van der Waals surface area contributed by atoms with E-state index in [9.17, 15) is 0 Å². The number of piperidine rings is 1. The summed E-state index contributed by atoms with van der Waals surface area (Å²) in [5, 5.41) is 0. The number of hydrogen-bond donors (Lipinski definition) is 1. The molecule has 100 valence electrons. The van der Waals surface area contributed by atoms with Crippen LogP contribution in [0.3, 0.4) is 0 Å². The quantitative estimate of drug-likeness (QED) is 0.867. The molecular weight excluding hydrogens is 238 g/mol. The molecule has 2 aliphatic rings. The molecule has 19 heavy (non-hydrogen) atoms. The van der Waals surface area contributed by atoms with Gasteiger partial charge in [-0.1, -0.05) is 0 Å². The van der Waals surface area contributed by atoms with Crippen molar-refractivity contribution < 1.29 is 0 Å². The fourth-order valence-electron chi connectivity index (χ4n) is 2.72. The van der Waals surface area contributed by atoms with Crippen LogP contribution in [-0.2, 0) is 0 Å². The third-order valence-corrected chi connectivity index (χ3v) is 3.76. The highest BCUT2D eigenvalue weighted by Gasteiger charge is 2.24. The van der Waals surface area contributed by atoms with Crippen LogP contribution < -0.4 is 10.6 Å². The van der Waals surface area contributed by atoms with Gasteiger partial charge >= 0.3 is 0 Å². The van der Waals surface area contributed by atoms with Crippen molar-refractivity contribution in [3.05, 3.63) is 29.9 Å². The lowest BCUT2D eigenvalue weighted by Crippen LogP contribution is -2.36. The summed E-state index contributed by atoms with van der Waals surface area (Å²) in [5.74, 6) is 1.54. The van der Waals surface area contributed by atoms with Gasteiger partial charge in [0.25, 0.3) is 0 Å². The predicted octanol–water partition coefficient (Wildman–Crippen LogP) is 1.30. The molecule has 2 aliphatic heterocycles. The summed E-state index contributed by atoms with van der Waals surface area (Å²) >= 11 is 0. The van der Waals surface area contributed by atoms with Crippen molar-refractivity contribution in [2.75, 3.05) is 24.5 Å². The van der Waals surface area contributed by atoms with Gasteiger partial charge in [-0.15, -0.1) is 0 Å². The van der Waals surface area contributed by atoms with Gasteiger partial charge in [-0.2, -0.15) is 0 Å². The Labute approximate surface area is 113 Å². The fourth-order valence-corrected chi connectivity index (χ4v) is 2.72. The molecule has 1 aromatic heterocycles. The van der Waals surface area contributed by atoms with Gasteiger partial charge in [-0.3, -0.25) is 9.98 Å². The number of aromatic nitrogens is 2. The number of anilines is 1. The van der Waals surface area contributed by atoms with E-state index in [1.54, 1.807) is 6.20 Å². The SMILES string of the molecule is Cc1cncc(N2CCC(C3=NCC(N)=C3)CC2)n1. The lowest BCUT2D eigenvalue weighted by Gasteiger charge is -2.32. The summed E-state index contributed by atoms with van der Waals surface area (Å²) in [7, 11) is 0. The smallest absolute Gasteiger partial charge is 0.147 e. The highest BCUT2D eigenvalue weighted by Crippen LogP contribution is 2.24. The number of allylic oxidation sites excluding steroid dienone is 1. The molecule has 3 rings (SSSR count). The second kappa shape index (κ2) is 4.99. The first kappa shape index (κ1) is 12.1. The lowest BCUT2D eigenvalue weighted by molar-refractivity contribution is 0.500. The average Bonchev–Trinajstić information content (AvgIpc) is 2.86. The van der Waals surface area contributed by atoms with Crippen LogP contribution in [0.4, 0.5) is 5.82 Å². The Balaban J connectivity index is 1.64. The standard InChI is InChI=1S/C14H19N5/c1-10-7-16-9-14(18-10)19-4-2-11(3-5-19)13-6-12(15)8-17-13/h6-7,9,11H,2-5,8,15H2,1H3. The number of aryl methyl sites for hydroxylation is 1. The Morgan fingerprint density at radius 1 is 1.26 bits per heavy atom. The topological polar surface area (TPSA) is 67.4 Å². The molecule has 0 atom stereocenters. The van der Waals surface area contributed by atoms with Crippen molar-refractivity contribution in [2.24, 2.45) is 16.6 Å². The summed E-state index contributed by atoms with van der Waals surface area (Å²) in [6.45, 7) is 4.67. The van der Waals surface area contributed by atoms with Crippen molar-refractivity contribution in [1.29, 1.82) is 0 Å². The molecule has 5 heteroatoms. The van der Waals surface area contributed by atoms with Crippen molar-refractivity contribution in [3.8, 4) is 0 Å². The van der Waals surface area contributed by atoms with Gasteiger partial charge in [0, 0.05) is 36.6 Å². The third kappa shape index (κ3) is 2.59. The minimum atomic E-state index is 0.551. The average molecular weight is 257 g/mol. The first-order valence-corrected chi connectivity index (χ1v) is 6.76. The maximum atomic E-state index is 5.78. The highest BCUT2D eigenvalue weighted by molar-refractivity contribution is 5.99. The number of rotatable bonds is 2. The van der Waals surface area contributed by atoms with Crippen molar-refractivity contribution >= 4 is 11.5 Å². The summed E-state index contributed by atoms with van der Waals surface area (Å²) in [6, 6.07) is 0. The van der Waals surface area contributed by atoms with Gasteiger partial charge in [0.15, 0.2) is 0 Å². The zero-order valence-corrected chi connectivity index (χ0v) is 11.2. The molecule has 0 radical (unpaired) electrons. The van der Waals surface area contributed by atoms with E-state index in [1.165, 1.54) is 5.71 Å². The molecule has 1 fully saturated rings. The van der Waals surface area contributed by atoms with E-state index in [2.05, 4.69) is 19.9 Å².